The highest BCUT2D eigenvalue weighted by atomic mass is 32.2. The second kappa shape index (κ2) is 5.74. The van der Waals surface area contributed by atoms with E-state index in [9.17, 15) is 4.79 Å². The molecule has 0 heterocycles. The van der Waals surface area contributed by atoms with E-state index in [4.69, 9.17) is 5.73 Å². The summed E-state index contributed by atoms with van der Waals surface area (Å²) in [7, 11) is 0. The fourth-order valence-corrected chi connectivity index (χ4v) is 2.69. The molecule has 1 saturated carbocycles. The Morgan fingerprint density at radius 2 is 2.21 bits per heavy atom. The molecule has 0 aliphatic heterocycles. The average Bonchev–Trinajstić information content (AvgIpc) is 3.19. The van der Waals surface area contributed by atoms with Crippen molar-refractivity contribution in [1.29, 1.82) is 0 Å². The maximum atomic E-state index is 11.8. The third-order valence-electron chi connectivity index (χ3n) is 3.49. The largest absolute Gasteiger partial charge is 0.397 e. The van der Waals surface area contributed by atoms with E-state index in [2.05, 4.69) is 16.9 Å². The molecule has 0 unspecified atom stereocenters. The van der Waals surface area contributed by atoms with E-state index in [-0.39, 0.29) is 5.91 Å². The predicted molar refractivity (Wildman–Crippen MR) is 82.8 cm³/mol. The Bertz CT molecular complexity index is 472. The van der Waals surface area contributed by atoms with E-state index in [0.29, 0.717) is 22.5 Å². The Kier molecular flexibility index (Phi) is 4.24. The predicted octanol–water partition coefficient (Wildman–Crippen LogP) is 2.33. The molecule has 0 saturated heterocycles. The summed E-state index contributed by atoms with van der Waals surface area (Å²) in [6.07, 6.45) is 4.64. The summed E-state index contributed by atoms with van der Waals surface area (Å²) >= 11 is 1.90. The van der Waals surface area contributed by atoms with Crippen LogP contribution >= 0.6 is 11.8 Å². The van der Waals surface area contributed by atoms with Gasteiger partial charge in [0.15, 0.2) is 0 Å². The molecule has 4 nitrogen and oxygen atoms in total. The highest BCUT2D eigenvalue weighted by Gasteiger charge is 2.41. The van der Waals surface area contributed by atoms with Gasteiger partial charge in [0.1, 0.15) is 0 Å². The molecule has 19 heavy (non-hydrogen) atoms. The Labute approximate surface area is 118 Å². The van der Waals surface area contributed by atoms with Gasteiger partial charge in [0.25, 0.3) is 5.91 Å². The quantitative estimate of drug-likeness (QED) is 0.699. The third-order valence-corrected chi connectivity index (χ3v) is 4.91. The fraction of sp³-hybridized carbons (Fsp3) is 0.500. The second-order valence-electron chi connectivity index (χ2n) is 4.90. The zero-order valence-electron chi connectivity index (χ0n) is 11.5. The van der Waals surface area contributed by atoms with Gasteiger partial charge >= 0.3 is 0 Å². The van der Waals surface area contributed by atoms with Gasteiger partial charge in [0, 0.05) is 23.4 Å². The maximum absolute atomic E-state index is 11.8. The van der Waals surface area contributed by atoms with E-state index in [1.165, 1.54) is 12.8 Å². The average molecular weight is 279 g/mol. The van der Waals surface area contributed by atoms with Gasteiger partial charge in [-0.3, -0.25) is 4.79 Å². The van der Waals surface area contributed by atoms with Crippen LogP contribution in [0.2, 0.25) is 0 Å². The lowest BCUT2D eigenvalue weighted by molar-refractivity contribution is 0.0956. The molecule has 0 atom stereocenters. The van der Waals surface area contributed by atoms with Crippen LogP contribution in [0.4, 0.5) is 11.4 Å². The van der Waals surface area contributed by atoms with Crippen molar-refractivity contribution in [1.82, 2.24) is 5.32 Å². The van der Waals surface area contributed by atoms with E-state index in [1.54, 1.807) is 12.1 Å². The minimum Gasteiger partial charge on any atom is -0.397 e. The molecule has 1 fully saturated rings. The summed E-state index contributed by atoms with van der Waals surface area (Å²) in [5, 5.41) is 6.17. The number of anilines is 2. The summed E-state index contributed by atoms with van der Waals surface area (Å²) in [5.41, 5.74) is 8.14. The highest BCUT2D eigenvalue weighted by Crippen LogP contribution is 2.47. The van der Waals surface area contributed by atoms with Crippen LogP contribution in [0.5, 0.6) is 0 Å². The molecule has 5 heteroatoms. The standard InChI is InChI=1S/C14H21N3OS/c1-3-16-13(18)10-4-5-11(15)12(8-10)17-9-14(19-2)6-7-14/h4-5,8,17H,3,6-7,9,15H2,1-2H3,(H,16,18). The van der Waals surface area contributed by atoms with Gasteiger partial charge in [-0.15, -0.1) is 0 Å². The van der Waals surface area contributed by atoms with Gasteiger partial charge in [-0.05, 0) is 44.2 Å². The Morgan fingerprint density at radius 3 is 2.79 bits per heavy atom. The zero-order valence-corrected chi connectivity index (χ0v) is 12.3. The van der Waals surface area contributed by atoms with Crippen LogP contribution < -0.4 is 16.4 Å². The minimum absolute atomic E-state index is 0.0587. The van der Waals surface area contributed by atoms with Crippen molar-refractivity contribution < 1.29 is 4.79 Å². The van der Waals surface area contributed by atoms with Crippen LogP contribution in [0.1, 0.15) is 30.1 Å². The number of nitrogen functional groups attached to an aromatic ring is 1. The number of carbonyl (C=O) groups excluding carboxylic acids is 1. The maximum Gasteiger partial charge on any atom is 0.251 e. The molecule has 0 spiro atoms. The zero-order chi connectivity index (χ0) is 13.9. The van der Waals surface area contributed by atoms with Crippen LogP contribution in [-0.2, 0) is 0 Å². The van der Waals surface area contributed by atoms with Gasteiger partial charge in [-0.1, -0.05) is 0 Å². The van der Waals surface area contributed by atoms with Crippen molar-refractivity contribution in [2.24, 2.45) is 0 Å². The van der Waals surface area contributed by atoms with Gasteiger partial charge in [-0.25, -0.2) is 0 Å². The first-order chi connectivity index (χ1) is 9.10. The number of hydrogen-bond donors (Lipinski definition) is 3. The lowest BCUT2D eigenvalue weighted by atomic mass is 10.1. The Balaban J connectivity index is 2.06. The molecular formula is C14H21N3OS. The van der Waals surface area contributed by atoms with Gasteiger partial charge < -0.3 is 16.4 Å². The SMILES string of the molecule is CCNC(=O)c1ccc(N)c(NCC2(SC)CC2)c1. The molecule has 2 rings (SSSR count). The van der Waals surface area contributed by atoms with Crippen molar-refractivity contribution in [3.63, 3.8) is 0 Å². The van der Waals surface area contributed by atoms with Crippen molar-refractivity contribution in [3.05, 3.63) is 23.8 Å². The van der Waals surface area contributed by atoms with E-state index in [1.807, 2.05) is 24.8 Å². The Hall–Kier alpha value is -1.36. The van der Waals surface area contributed by atoms with E-state index >= 15 is 0 Å². The Morgan fingerprint density at radius 1 is 1.47 bits per heavy atom. The molecular weight excluding hydrogens is 258 g/mol. The third kappa shape index (κ3) is 3.35. The first-order valence-electron chi connectivity index (χ1n) is 6.57. The van der Waals surface area contributed by atoms with Crippen molar-refractivity contribution in [3.8, 4) is 0 Å². The number of nitrogens with two attached hydrogens (primary N) is 1. The minimum atomic E-state index is -0.0587. The summed E-state index contributed by atoms with van der Waals surface area (Å²) < 4.78 is 0.369. The summed E-state index contributed by atoms with van der Waals surface area (Å²) in [4.78, 5) is 11.8. The molecule has 1 aromatic carbocycles. The highest BCUT2D eigenvalue weighted by molar-refractivity contribution is 8.00. The molecule has 0 bridgehead atoms. The van der Waals surface area contributed by atoms with Crippen LogP contribution in [0.25, 0.3) is 0 Å². The second-order valence-corrected chi connectivity index (χ2v) is 6.18. The fourth-order valence-electron chi connectivity index (χ4n) is 1.96. The van der Waals surface area contributed by atoms with Gasteiger partial charge in [0.2, 0.25) is 0 Å². The number of rotatable bonds is 6. The number of hydrogen-bond acceptors (Lipinski definition) is 4. The van der Waals surface area contributed by atoms with E-state index in [0.717, 1.165) is 12.2 Å². The molecule has 1 aliphatic rings. The first kappa shape index (κ1) is 14.1. The monoisotopic (exact) mass is 279 g/mol. The van der Waals surface area contributed by atoms with Crippen LogP contribution in [0.15, 0.2) is 18.2 Å². The summed E-state index contributed by atoms with van der Waals surface area (Å²) in [6, 6.07) is 5.37. The smallest absolute Gasteiger partial charge is 0.251 e. The van der Waals surface area contributed by atoms with Gasteiger partial charge in [0.05, 0.1) is 11.4 Å². The van der Waals surface area contributed by atoms with Crippen molar-refractivity contribution >= 4 is 29.0 Å². The van der Waals surface area contributed by atoms with Gasteiger partial charge in [-0.2, -0.15) is 11.8 Å². The molecule has 1 aliphatic carbocycles. The molecule has 0 radical (unpaired) electrons. The number of thioether (sulfide) groups is 1. The molecule has 1 aromatic rings. The van der Waals surface area contributed by atoms with Crippen molar-refractivity contribution in [2.75, 3.05) is 30.4 Å². The summed E-state index contributed by atoms with van der Waals surface area (Å²) in [6.45, 7) is 3.43. The first-order valence-corrected chi connectivity index (χ1v) is 7.79. The van der Waals surface area contributed by atoms with E-state index < -0.39 is 0 Å². The molecule has 4 N–H and O–H groups in total. The molecule has 0 aromatic heterocycles. The topological polar surface area (TPSA) is 67.2 Å². The van der Waals surface area contributed by atoms with Crippen LogP contribution in [-0.4, -0.2) is 30.0 Å². The van der Waals surface area contributed by atoms with Crippen LogP contribution in [0, 0.1) is 0 Å². The number of nitrogens with one attached hydrogen (secondary N) is 2. The lowest BCUT2D eigenvalue weighted by Gasteiger charge is -2.16. The lowest BCUT2D eigenvalue weighted by Crippen LogP contribution is -2.23. The van der Waals surface area contributed by atoms with Crippen molar-refractivity contribution in [2.45, 2.75) is 24.5 Å². The number of benzene rings is 1. The molecule has 104 valence electrons. The number of amides is 1. The normalized spacial score (nSPS) is 15.9. The molecule has 1 amide bonds. The number of carbonyl (C=O) groups is 1. The van der Waals surface area contributed by atoms with Crippen LogP contribution in [0.3, 0.4) is 0 Å². The summed E-state index contributed by atoms with van der Waals surface area (Å²) in [5.74, 6) is -0.0587.